The lowest BCUT2D eigenvalue weighted by molar-refractivity contribution is -0.150. The van der Waals surface area contributed by atoms with Crippen LogP contribution in [0.1, 0.15) is 31.7 Å². The smallest absolute Gasteiger partial charge is 0.314 e. The number of benzene rings is 2. The fourth-order valence-corrected chi connectivity index (χ4v) is 2.91. The second kappa shape index (κ2) is 10.3. The van der Waals surface area contributed by atoms with E-state index < -0.39 is 17.8 Å². The summed E-state index contributed by atoms with van der Waals surface area (Å²) in [5, 5.41) is 2.69. The van der Waals surface area contributed by atoms with Gasteiger partial charge in [-0.1, -0.05) is 50.6 Å². The van der Waals surface area contributed by atoms with Gasteiger partial charge in [-0.2, -0.15) is 0 Å². The lowest BCUT2D eigenvalue weighted by Crippen LogP contribution is -2.27. The molecule has 1 amide bonds. The van der Waals surface area contributed by atoms with Crippen LogP contribution >= 0.6 is 0 Å². The molecular weight excluding hydrogens is 358 g/mol. The van der Waals surface area contributed by atoms with Crippen molar-refractivity contribution in [2.75, 3.05) is 26.1 Å². The van der Waals surface area contributed by atoms with Gasteiger partial charge in [-0.15, -0.1) is 0 Å². The van der Waals surface area contributed by atoms with Crippen LogP contribution in [-0.4, -0.2) is 32.7 Å². The monoisotopic (exact) mass is 385 g/mol. The molecule has 0 aliphatic rings. The number of carbonyl (C=O) groups excluding carboxylic acids is 2. The normalized spacial score (nSPS) is 12.6. The lowest BCUT2D eigenvalue weighted by Gasteiger charge is -2.21. The van der Waals surface area contributed by atoms with E-state index in [-0.39, 0.29) is 12.5 Å². The zero-order valence-corrected chi connectivity index (χ0v) is 16.7. The molecule has 150 valence electrons. The van der Waals surface area contributed by atoms with Gasteiger partial charge in [-0.3, -0.25) is 9.59 Å². The van der Waals surface area contributed by atoms with Gasteiger partial charge in [0.1, 0.15) is 11.5 Å². The number of hydrogen-bond donors (Lipinski definition) is 1. The minimum atomic E-state index is -0.437. The zero-order valence-electron chi connectivity index (χ0n) is 16.7. The summed E-state index contributed by atoms with van der Waals surface area (Å²) in [5.74, 6) is -0.0827. The lowest BCUT2D eigenvalue weighted by atomic mass is 9.86. The Morgan fingerprint density at radius 3 is 2.36 bits per heavy atom. The summed E-state index contributed by atoms with van der Waals surface area (Å²) in [5.41, 5.74) is 1.37. The van der Waals surface area contributed by atoms with E-state index in [1.54, 1.807) is 25.3 Å². The van der Waals surface area contributed by atoms with Crippen molar-refractivity contribution in [3.8, 4) is 11.5 Å². The fourth-order valence-electron chi connectivity index (χ4n) is 2.91. The van der Waals surface area contributed by atoms with E-state index in [9.17, 15) is 9.59 Å². The van der Waals surface area contributed by atoms with Crippen LogP contribution in [0.25, 0.3) is 0 Å². The number of anilines is 1. The molecule has 0 aromatic heterocycles. The highest BCUT2D eigenvalue weighted by Crippen LogP contribution is 2.30. The Morgan fingerprint density at radius 1 is 1.04 bits per heavy atom. The second-order valence-electron chi connectivity index (χ2n) is 6.50. The van der Waals surface area contributed by atoms with Gasteiger partial charge in [0.15, 0.2) is 6.61 Å². The molecular formula is C22H27NO5. The van der Waals surface area contributed by atoms with E-state index in [1.807, 2.05) is 44.2 Å². The first-order valence-corrected chi connectivity index (χ1v) is 9.23. The van der Waals surface area contributed by atoms with Crippen molar-refractivity contribution in [1.29, 1.82) is 0 Å². The first kappa shape index (κ1) is 21.3. The Morgan fingerprint density at radius 2 is 1.75 bits per heavy atom. The van der Waals surface area contributed by atoms with Crippen LogP contribution in [0, 0.1) is 5.92 Å². The van der Waals surface area contributed by atoms with Gasteiger partial charge in [0.05, 0.1) is 25.8 Å². The fraction of sp³-hybridized carbons (Fsp3) is 0.364. The highest BCUT2D eigenvalue weighted by atomic mass is 16.5. The minimum absolute atomic E-state index is 0.0969. The molecule has 0 spiro atoms. The molecule has 0 saturated heterocycles. The van der Waals surface area contributed by atoms with Crippen LogP contribution in [0.2, 0.25) is 0 Å². The zero-order chi connectivity index (χ0) is 20.5. The van der Waals surface area contributed by atoms with Crippen molar-refractivity contribution < 1.29 is 23.8 Å². The molecule has 0 aliphatic carbocycles. The van der Waals surface area contributed by atoms with Gasteiger partial charge in [-0.05, 0) is 23.6 Å². The maximum absolute atomic E-state index is 12.7. The third-order valence-corrected chi connectivity index (χ3v) is 4.65. The van der Waals surface area contributed by atoms with Crippen molar-refractivity contribution >= 4 is 17.6 Å². The molecule has 0 heterocycles. The molecule has 6 heteroatoms. The van der Waals surface area contributed by atoms with Crippen molar-refractivity contribution in [3.05, 3.63) is 54.1 Å². The summed E-state index contributed by atoms with van der Waals surface area (Å²) in [4.78, 5) is 24.9. The summed E-state index contributed by atoms with van der Waals surface area (Å²) in [7, 11) is 3.05. The van der Waals surface area contributed by atoms with E-state index in [0.717, 1.165) is 12.0 Å². The quantitative estimate of drug-likeness (QED) is 0.660. The van der Waals surface area contributed by atoms with Gasteiger partial charge in [0.2, 0.25) is 0 Å². The molecule has 0 unspecified atom stereocenters. The maximum atomic E-state index is 12.7. The summed E-state index contributed by atoms with van der Waals surface area (Å²) in [6.07, 6.45) is 0.823. The van der Waals surface area contributed by atoms with Crippen molar-refractivity contribution in [2.24, 2.45) is 5.92 Å². The standard InChI is InChI=1S/C22H27NO5/c1-5-15(2)21(16-9-7-6-8-10-16)22(25)28-14-20(24)23-18-12-11-17(26-3)13-19(18)27-4/h6-13,15,21H,5,14H2,1-4H3,(H,23,24)/t15-,21-/m1/s1. The maximum Gasteiger partial charge on any atom is 0.314 e. The molecule has 0 radical (unpaired) electrons. The molecule has 0 saturated carbocycles. The van der Waals surface area contributed by atoms with Crippen molar-refractivity contribution in [2.45, 2.75) is 26.2 Å². The predicted molar refractivity (Wildman–Crippen MR) is 108 cm³/mol. The van der Waals surface area contributed by atoms with Crippen molar-refractivity contribution in [3.63, 3.8) is 0 Å². The predicted octanol–water partition coefficient (Wildman–Crippen LogP) is 4.02. The Hall–Kier alpha value is -3.02. The summed E-state index contributed by atoms with van der Waals surface area (Å²) in [6.45, 7) is 3.66. The first-order valence-electron chi connectivity index (χ1n) is 9.23. The van der Waals surface area contributed by atoms with Gasteiger partial charge in [-0.25, -0.2) is 0 Å². The molecule has 0 bridgehead atoms. The summed E-state index contributed by atoms with van der Waals surface area (Å²) >= 11 is 0. The Bertz CT molecular complexity index is 791. The number of rotatable bonds is 9. The van der Waals surface area contributed by atoms with E-state index in [4.69, 9.17) is 14.2 Å². The summed E-state index contributed by atoms with van der Waals surface area (Å²) < 4.78 is 15.7. The molecule has 2 atom stereocenters. The molecule has 1 N–H and O–H groups in total. The molecule has 2 aromatic rings. The Kier molecular flexibility index (Phi) is 7.87. The number of hydrogen-bond acceptors (Lipinski definition) is 5. The third-order valence-electron chi connectivity index (χ3n) is 4.65. The van der Waals surface area contributed by atoms with Crippen LogP contribution in [0.4, 0.5) is 5.69 Å². The van der Waals surface area contributed by atoms with E-state index in [0.29, 0.717) is 17.2 Å². The van der Waals surface area contributed by atoms with Crippen LogP contribution in [0.3, 0.4) is 0 Å². The van der Waals surface area contributed by atoms with E-state index in [1.165, 1.54) is 7.11 Å². The molecule has 2 aromatic carbocycles. The topological polar surface area (TPSA) is 73.9 Å². The van der Waals surface area contributed by atoms with Crippen LogP contribution in [0.15, 0.2) is 48.5 Å². The number of methoxy groups -OCH3 is 2. The number of carbonyl (C=O) groups is 2. The molecule has 6 nitrogen and oxygen atoms in total. The highest BCUT2D eigenvalue weighted by molar-refractivity contribution is 5.94. The number of nitrogens with one attached hydrogen (secondary N) is 1. The largest absolute Gasteiger partial charge is 0.497 e. The van der Waals surface area contributed by atoms with E-state index >= 15 is 0 Å². The second-order valence-corrected chi connectivity index (χ2v) is 6.50. The molecule has 2 rings (SSSR count). The average Bonchev–Trinajstić information content (AvgIpc) is 2.73. The van der Waals surface area contributed by atoms with Crippen LogP contribution < -0.4 is 14.8 Å². The number of amides is 1. The highest BCUT2D eigenvalue weighted by Gasteiger charge is 2.27. The van der Waals surface area contributed by atoms with Gasteiger partial charge >= 0.3 is 5.97 Å². The van der Waals surface area contributed by atoms with Gasteiger partial charge < -0.3 is 19.5 Å². The van der Waals surface area contributed by atoms with Crippen molar-refractivity contribution in [1.82, 2.24) is 0 Å². The summed E-state index contributed by atoms with van der Waals surface area (Å²) in [6, 6.07) is 14.5. The average molecular weight is 385 g/mol. The van der Waals surface area contributed by atoms with Crippen LogP contribution in [-0.2, 0) is 14.3 Å². The third kappa shape index (κ3) is 5.49. The SMILES string of the molecule is CC[C@@H](C)[C@@H](C(=O)OCC(=O)Nc1ccc(OC)cc1OC)c1ccccc1. The Labute approximate surface area is 165 Å². The minimum Gasteiger partial charge on any atom is -0.497 e. The molecule has 0 fully saturated rings. The van der Waals surface area contributed by atoms with E-state index in [2.05, 4.69) is 5.32 Å². The van der Waals surface area contributed by atoms with Gasteiger partial charge in [0.25, 0.3) is 5.91 Å². The number of ether oxygens (including phenoxy) is 3. The van der Waals surface area contributed by atoms with Crippen LogP contribution in [0.5, 0.6) is 11.5 Å². The molecule has 0 aliphatic heterocycles. The molecule has 28 heavy (non-hydrogen) atoms. The first-order chi connectivity index (χ1) is 13.5. The number of esters is 1. The Balaban J connectivity index is 2.02. The van der Waals surface area contributed by atoms with Gasteiger partial charge in [0, 0.05) is 6.07 Å².